The van der Waals surface area contributed by atoms with Crippen LogP contribution in [0.5, 0.6) is 0 Å². The third-order valence-electron chi connectivity index (χ3n) is 2.96. The van der Waals surface area contributed by atoms with Crippen molar-refractivity contribution < 1.29 is 9.59 Å². The third-order valence-corrected chi connectivity index (χ3v) is 2.96. The van der Waals surface area contributed by atoms with Crippen LogP contribution in [0.3, 0.4) is 0 Å². The molecule has 20 heavy (non-hydrogen) atoms. The van der Waals surface area contributed by atoms with E-state index in [1.165, 1.54) is 4.90 Å². The number of nitrogens with zero attached hydrogens (tertiary/aromatic N) is 1. The summed E-state index contributed by atoms with van der Waals surface area (Å²) in [5, 5.41) is 5.94. The van der Waals surface area contributed by atoms with Gasteiger partial charge in [0.15, 0.2) is 0 Å². The Balaban J connectivity index is 2.76. The molecule has 2 amide bonds. The van der Waals surface area contributed by atoms with E-state index in [1.54, 1.807) is 14.1 Å². The molecule has 1 aromatic rings. The van der Waals surface area contributed by atoms with Crippen molar-refractivity contribution in [2.45, 2.75) is 20.8 Å². The van der Waals surface area contributed by atoms with Crippen LogP contribution in [0.4, 0.5) is 11.4 Å². The van der Waals surface area contributed by atoms with E-state index in [1.807, 2.05) is 39.0 Å². The summed E-state index contributed by atoms with van der Waals surface area (Å²) in [6.45, 7) is 5.88. The van der Waals surface area contributed by atoms with Crippen LogP contribution >= 0.6 is 0 Å². The lowest BCUT2D eigenvalue weighted by Crippen LogP contribution is -2.28. The first kappa shape index (κ1) is 16.0. The summed E-state index contributed by atoms with van der Waals surface area (Å²) in [4.78, 5) is 24.8. The van der Waals surface area contributed by atoms with Gasteiger partial charge in [-0.25, -0.2) is 0 Å². The summed E-state index contributed by atoms with van der Waals surface area (Å²) in [5.41, 5.74) is 2.61. The zero-order valence-corrected chi connectivity index (χ0v) is 12.8. The van der Waals surface area contributed by atoms with E-state index in [0.717, 1.165) is 16.9 Å². The van der Waals surface area contributed by atoms with Crippen molar-refractivity contribution in [3.63, 3.8) is 0 Å². The van der Waals surface area contributed by atoms with Crippen molar-refractivity contribution in [3.8, 4) is 0 Å². The van der Waals surface area contributed by atoms with Gasteiger partial charge in [0.1, 0.15) is 0 Å². The summed E-state index contributed by atoms with van der Waals surface area (Å²) in [5.74, 6) is -0.0896. The Morgan fingerprint density at radius 1 is 1.25 bits per heavy atom. The lowest BCUT2D eigenvalue weighted by molar-refractivity contribution is -0.126. The predicted octanol–water partition coefficient (Wildman–Crippen LogP) is 2.09. The molecule has 0 aliphatic heterocycles. The number of rotatable bonds is 5. The molecule has 0 spiro atoms. The molecule has 0 fully saturated rings. The van der Waals surface area contributed by atoms with E-state index in [0.29, 0.717) is 0 Å². The Morgan fingerprint density at radius 3 is 2.45 bits per heavy atom. The summed E-state index contributed by atoms with van der Waals surface area (Å²) in [6, 6.07) is 5.62. The number of amides is 2. The second-order valence-corrected chi connectivity index (χ2v) is 5.32. The van der Waals surface area contributed by atoms with Crippen molar-refractivity contribution in [1.82, 2.24) is 4.90 Å². The molecule has 0 saturated heterocycles. The van der Waals surface area contributed by atoms with Crippen LogP contribution in [0.1, 0.15) is 19.4 Å². The monoisotopic (exact) mass is 277 g/mol. The number of hydrogen-bond donors (Lipinski definition) is 2. The van der Waals surface area contributed by atoms with Gasteiger partial charge in [0.2, 0.25) is 11.8 Å². The highest BCUT2D eigenvalue weighted by atomic mass is 16.2. The average molecular weight is 277 g/mol. The van der Waals surface area contributed by atoms with Gasteiger partial charge in [0.25, 0.3) is 0 Å². The molecule has 0 heterocycles. The Hall–Kier alpha value is -2.04. The van der Waals surface area contributed by atoms with Gasteiger partial charge < -0.3 is 15.5 Å². The van der Waals surface area contributed by atoms with Crippen LogP contribution in [0.15, 0.2) is 18.2 Å². The van der Waals surface area contributed by atoms with Crippen LogP contribution in [-0.2, 0) is 9.59 Å². The summed E-state index contributed by atoms with van der Waals surface area (Å²) < 4.78 is 0. The largest absolute Gasteiger partial charge is 0.376 e. The van der Waals surface area contributed by atoms with Gasteiger partial charge in [-0.15, -0.1) is 0 Å². The lowest BCUT2D eigenvalue weighted by atomic mass is 10.1. The maximum absolute atomic E-state index is 11.7. The Bertz CT molecular complexity index is 496. The van der Waals surface area contributed by atoms with E-state index in [9.17, 15) is 9.59 Å². The molecule has 5 heteroatoms. The third kappa shape index (κ3) is 4.57. The number of carbonyl (C=O) groups is 2. The van der Waals surface area contributed by atoms with Gasteiger partial charge in [-0.3, -0.25) is 9.59 Å². The van der Waals surface area contributed by atoms with Gasteiger partial charge in [0, 0.05) is 31.4 Å². The van der Waals surface area contributed by atoms with Crippen molar-refractivity contribution in [2.75, 3.05) is 31.3 Å². The van der Waals surface area contributed by atoms with E-state index in [-0.39, 0.29) is 24.3 Å². The second-order valence-electron chi connectivity index (χ2n) is 5.32. The predicted molar refractivity (Wildman–Crippen MR) is 81.8 cm³/mol. The van der Waals surface area contributed by atoms with Crippen molar-refractivity contribution in [2.24, 2.45) is 5.92 Å². The second kappa shape index (κ2) is 6.93. The molecule has 2 N–H and O–H groups in total. The Labute approximate surface area is 120 Å². The fourth-order valence-electron chi connectivity index (χ4n) is 1.51. The highest BCUT2D eigenvalue weighted by molar-refractivity contribution is 5.92. The molecule has 5 nitrogen and oxygen atoms in total. The number of likely N-dealkylation sites (N-methyl/N-ethyl adjacent to an activating group) is 1. The number of carbonyl (C=O) groups excluding carboxylic acids is 2. The van der Waals surface area contributed by atoms with Crippen molar-refractivity contribution >= 4 is 23.2 Å². The first-order chi connectivity index (χ1) is 9.31. The van der Waals surface area contributed by atoms with Gasteiger partial charge >= 0.3 is 0 Å². The van der Waals surface area contributed by atoms with Crippen LogP contribution < -0.4 is 10.6 Å². The van der Waals surface area contributed by atoms with Crippen molar-refractivity contribution in [3.05, 3.63) is 23.8 Å². The standard InChI is InChI=1S/C15H23N3O2/c1-10(2)15(20)17-12-7-6-11(3)13(8-12)16-9-14(19)18(4)5/h6-8,10,16H,9H2,1-5H3,(H,17,20). The number of aryl methyl sites for hydroxylation is 1. The lowest BCUT2D eigenvalue weighted by Gasteiger charge is -2.15. The molecular formula is C15H23N3O2. The number of nitrogens with one attached hydrogen (secondary N) is 2. The number of hydrogen-bond acceptors (Lipinski definition) is 3. The molecule has 0 unspecified atom stereocenters. The van der Waals surface area contributed by atoms with Crippen LogP contribution in [0, 0.1) is 12.8 Å². The maximum atomic E-state index is 11.7. The fourth-order valence-corrected chi connectivity index (χ4v) is 1.51. The molecular weight excluding hydrogens is 254 g/mol. The summed E-state index contributed by atoms with van der Waals surface area (Å²) in [6.07, 6.45) is 0. The number of anilines is 2. The molecule has 0 aromatic heterocycles. The van der Waals surface area contributed by atoms with Gasteiger partial charge in [-0.05, 0) is 24.6 Å². The maximum Gasteiger partial charge on any atom is 0.241 e. The molecule has 0 radical (unpaired) electrons. The van der Waals surface area contributed by atoms with Crippen molar-refractivity contribution in [1.29, 1.82) is 0 Å². The van der Waals surface area contributed by atoms with E-state index in [2.05, 4.69) is 10.6 Å². The highest BCUT2D eigenvalue weighted by Gasteiger charge is 2.09. The van der Waals surface area contributed by atoms with Gasteiger partial charge in [-0.1, -0.05) is 19.9 Å². The first-order valence-electron chi connectivity index (χ1n) is 6.66. The summed E-state index contributed by atoms with van der Waals surface area (Å²) >= 11 is 0. The quantitative estimate of drug-likeness (QED) is 0.866. The van der Waals surface area contributed by atoms with Crippen LogP contribution in [-0.4, -0.2) is 37.4 Å². The van der Waals surface area contributed by atoms with E-state index >= 15 is 0 Å². The van der Waals surface area contributed by atoms with E-state index in [4.69, 9.17) is 0 Å². The topological polar surface area (TPSA) is 61.4 Å². The molecule has 1 rings (SSSR count). The minimum absolute atomic E-state index is 0.000944. The smallest absolute Gasteiger partial charge is 0.241 e. The van der Waals surface area contributed by atoms with E-state index < -0.39 is 0 Å². The van der Waals surface area contributed by atoms with Gasteiger partial charge in [-0.2, -0.15) is 0 Å². The Morgan fingerprint density at radius 2 is 1.90 bits per heavy atom. The molecule has 0 saturated carbocycles. The van der Waals surface area contributed by atoms with Gasteiger partial charge in [0.05, 0.1) is 6.54 Å². The SMILES string of the molecule is Cc1ccc(NC(=O)C(C)C)cc1NCC(=O)N(C)C. The number of benzene rings is 1. The molecule has 0 bridgehead atoms. The zero-order valence-electron chi connectivity index (χ0n) is 12.8. The first-order valence-corrected chi connectivity index (χ1v) is 6.66. The van der Waals surface area contributed by atoms with Crippen LogP contribution in [0.2, 0.25) is 0 Å². The average Bonchev–Trinajstić information content (AvgIpc) is 2.38. The highest BCUT2D eigenvalue weighted by Crippen LogP contribution is 2.20. The molecule has 0 aliphatic carbocycles. The summed E-state index contributed by atoms with van der Waals surface area (Å²) in [7, 11) is 3.44. The minimum Gasteiger partial charge on any atom is -0.376 e. The molecule has 110 valence electrons. The normalized spacial score (nSPS) is 10.3. The fraction of sp³-hybridized carbons (Fsp3) is 0.467. The zero-order chi connectivity index (χ0) is 15.3. The minimum atomic E-state index is -0.0666. The molecule has 1 aromatic carbocycles. The molecule has 0 atom stereocenters. The molecule has 0 aliphatic rings. The van der Waals surface area contributed by atoms with Crippen LogP contribution in [0.25, 0.3) is 0 Å². The Kier molecular flexibility index (Phi) is 5.55.